The molecule has 0 aromatic carbocycles. The van der Waals surface area contributed by atoms with Crippen molar-refractivity contribution in [2.75, 3.05) is 31.1 Å². The molecule has 108 valence electrons. The average molecular weight is 285 g/mol. The fourth-order valence-electron chi connectivity index (χ4n) is 2.43. The number of hydrogen-bond acceptors (Lipinski definition) is 4. The van der Waals surface area contributed by atoms with Crippen LogP contribution in [0, 0.1) is 17.7 Å². The predicted octanol–water partition coefficient (Wildman–Crippen LogP) is 1.12. The number of nitrogens with zero attached hydrogens (tertiary/aromatic N) is 4. The summed E-state index contributed by atoms with van der Waals surface area (Å²) in [6.07, 6.45) is 0.372. The second-order valence-corrected chi connectivity index (χ2v) is 4.64. The fraction of sp³-hybridized carbons (Fsp3) is 0.500. The van der Waals surface area contributed by atoms with Gasteiger partial charge in [-0.3, -0.25) is 0 Å². The van der Waals surface area contributed by atoms with Crippen LogP contribution in [0.1, 0.15) is 12.5 Å². The molecule has 3 rings (SSSR count). The normalized spacial score (nSPS) is 16.1. The molecule has 3 heterocycles. The highest BCUT2D eigenvalue weighted by atomic mass is 19.2. The number of rotatable bonds is 2. The van der Waals surface area contributed by atoms with Crippen molar-refractivity contribution in [3.63, 3.8) is 0 Å². The van der Waals surface area contributed by atoms with E-state index in [0.717, 1.165) is 13.1 Å². The van der Waals surface area contributed by atoms with Crippen molar-refractivity contribution < 1.29 is 13.2 Å². The van der Waals surface area contributed by atoms with Crippen LogP contribution in [0.5, 0.6) is 0 Å². The van der Waals surface area contributed by atoms with Gasteiger partial charge < -0.3 is 10.2 Å². The lowest BCUT2D eigenvalue weighted by Gasteiger charge is -2.30. The summed E-state index contributed by atoms with van der Waals surface area (Å²) in [7, 11) is 0. The van der Waals surface area contributed by atoms with Gasteiger partial charge in [-0.25, -0.2) is 4.98 Å². The minimum Gasteiger partial charge on any atom is -0.354 e. The maximum absolute atomic E-state index is 14.4. The third-order valence-electron chi connectivity index (χ3n) is 3.45. The molecular weight excluding hydrogens is 271 g/mol. The van der Waals surface area contributed by atoms with Crippen molar-refractivity contribution in [2.45, 2.75) is 13.3 Å². The fourth-order valence-corrected chi connectivity index (χ4v) is 2.43. The molecule has 0 amide bonds. The molecule has 8 heteroatoms. The van der Waals surface area contributed by atoms with E-state index in [1.807, 2.05) is 4.90 Å². The lowest BCUT2D eigenvalue weighted by molar-refractivity contribution is 0.476. The van der Waals surface area contributed by atoms with Crippen molar-refractivity contribution in [1.82, 2.24) is 19.9 Å². The summed E-state index contributed by atoms with van der Waals surface area (Å²) in [6.45, 7) is 4.55. The summed E-state index contributed by atoms with van der Waals surface area (Å²) in [5.74, 6) is -2.94. The van der Waals surface area contributed by atoms with E-state index >= 15 is 0 Å². The van der Waals surface area contributed by atoms with Crippen molar-refractivity contribution >= 4 is 11.5 Å². The van der Waals surface area contributed by atoms with E-state index in [0.29, 0.717) is 35.4 Å². The van der Waals surface area contributed by atoms with Crippen LogP contribution < -0.4 is 10.2 Å². The summed E-state index contributed by atoms with van der Waals surface area (Å²) in [5, 5.41) is 6.39. The highest BCUT2D eigenvalue weighted by Crippen LogP contribution is 2.25. The van der Waals surface area contributed by atoms with Crippen LogP contribution in [-0.4, -0.2) is 40.8 Å². The molecule has 0 radical (unpaired) electrons. The van der Waals surface area contributed by atoms with Gasteiger partial charge in [0.25, 0.3) is 5.95 Å². The first-order chi connectivity index (χ1) is 9.63. The Kier molecular flexibility index (Phi) is 3.25. The molecule has 1 aliphatic rings. The smallest absolute Gasteiger partial charge is 0.271 e. The van der Waals surface area contributed by atoms with Crippen LogP contribution >= 0.6 is 0 Å². The Bertz CT molecular complexity index is 648. The Hall–Kier alpha value is -1.83. The Labute approximate surface area is 113 Å². The third kappa shape index (κ3) is 1.91. The lowest BCUT2D eigenvalue weighted by Crippen LogP contribution is -2.44. The molecule has 0 bridgehead atoms. The molecule has 0 spiro atoms. The van der Waals surface area contributed by atoms with E-state index in [1.54, 1.807) is 6.92 Å². The van der Waals surface area contributed by atoms with Crippen molar-refractivity contribution in [3.8, 4) is 0 Å². The first kappa shape index (κ1) is 13.2. The summed E-state index contributed by atoms with van der Waals surface area (Å²) in [5.41, 5.74) is -0.0902. The average Bonchev–Trinajstić information content (AvgIpc) is 2.76. The van der Waals surface area contributed by atoms with E-state index in [2.05, 4.69) is 15.4 Å². The molecule has 0 atom stereocenters. The quantitative estimate of drug-likeness (QED) is 0.840. The number of halogens is 3. The summed E-state index contributed by atoms with van der Waals surface area (Å²) < 4.78 is 41.7. The van der Waals surface area contributed by atoms with E-state index in [1.165, 1.54) is 0 Å². The molecular formula is C12H14F3N5. The molecule has 20 heavy (non-hydrogen) atoms. The summed E-state index contributed by atoms with van der Waals surface area (Å²) in [6, 6.07) is 0. The second kappa shape index (κ2) is 4.93. The third-order valence-corrected chi connectivity index (χ3v) is 3.45. The number of piperazine rings is 1. The van der Waals surface area contributed by atoms with Gasteiger partial charge >= 0.3 is 0 Å². The first-order valence-electron chi connectivity index (χ1n) is 6.51. The van der Waals surface area contributed by atoms with Gasteiger partial charge in [-0.15, -0.1) is 5.10 Å². The minimum atomic E-state index is -1.34. The van der Waals surface area contributed by atoms with Gasteiger partial charge in [-0.05, 0) is 6.42 Å². The second-order valence-electron chi connectivity index (χ2n) is 4.64. The van der Waals surface area contributed by atoms with E-state index in [9.17, 15) is 13.2 Å². The molecule has 1 aliphatic heterocycles. The Balaban J connectivity index is 2.21. The van der Waals surface area contributed by atoms with Crippen LogP contribution in [0.25, 0.3) is 5.65 Å². The molecule has 0 unspecified atom stereocenters. The molecule has 0 aliphatic carbocycles. The molecule has 1 fully saturated rings. The van der Waals surface area contributed by atoms with Gasteiger partial charge in [-0.1, -0.05) is 6.92 Å². The standard InChI is InChI=1S/C12H14F3N5/c1-2-7-10(15)20-12(8(13)9(14)18-20)17-11(7)19-5-3-16-4-6-19/h16H,2-6H2,1H3. The predicted molar refractivity (Wildman–Crippen MR) is 67.3 cm³/mol. The topological polar surface area (TPSA) is 45.5 Å². The zero-order valence-electron chi connectivity index (χ0n) is 11.0. The number of fused-ring (bicyclic) bond motifs is 1. The zero-order chi connectivity index (χ0) is 14.3. The first-order valence-corrected chi connectivity index (χ1v) is 6.51. The number of hydrogen-bond donors (Lipinski definition) is 1. The Morgan fingerprint density at radius 3 is 2.55 bits per heavy atom. The maximum Gasteiger partial charge on any atom is 0.271 e. The highest BCUT2D eigenvalue weighted by Gasteiger charge is 2.24. The summed E-state index contributed by atoms with van der Waals surface area (Å²) in [4.78, 5) is 5.97. The van der Waals surface area contributed by atoms with Crippen LogP contribution in [0.2, 0.25) is 0 Å². The molecule has 1 saturated heterocycles. The van der Waals surface area contributed by atoms with Crippen LogP contribution in [0.3, 0.4) is 0 Å². The lowest BCUT2D eigenvalue weighted by atomic mass is 10.2. The van der Waals surface area contributed by atoms with Crippen molar-refractivity contribution in [1.29, 1.82) is 0 Å². The molecule has 2 aromatic rings. The maximum atomic E-state index is 14.4. The van der Waals surface area contributed by atoms with Crippen LogP contribution in [0.15, 0.2) is 0 Å². The number of anilines is 1. The molecule has 2 aromatic heterocycles. The van der Waals surface area contributed by atoms with Gasteiger partial charge in [0.2, 0.25) is 11.8 Å². The molecule has 0 saturated carbocycles. The zero-order valence-corrected chi connectivity index (χ0v) is 11.0. The SMILES string of the molecule is CCc1c(N2CCNCC2)nc2c(F)c(F)nn2c1F. The van der Waals surface area contributed by atoms with Gasteiger partial charge in [-0.2, -0.15) is 17.7 Å². The Morgan fingerprint density at radius 2 is 1.90 bits per heavy atom. The Morgan fingerprint density at radius 1 is 1.20 bits per heavy atom. The van der Waals surface area contributed by atoms with E-state index in [4.69, 9.17) is 0 Å². The molecule has 5 nitrogen and oxygen atoms in total. The highest BCUT2D eigenvalue weighted by molar-refractivity contribution is 5.54. The number of aromatic nitrogens is 3. The minimum absolute atomic E-state index is 0.321. The van der Waals surface area contributed by atoms with Gasteiger partial charge in [0.15, 0.2) is 5.65 Å². The number of nitrogens with one attached hydrogen (secondary N) is 1. The van der Waals surface area contributed by atoms with Gasteiger partial charge in [0.05, 0.1) is 0 Å². The molecule has 1 N–H and O–H groups in total. The van der Waals surface area contributed by atoms with Crippen LogP contribution in [-0.2, 0) is 6.42 Å². The van der Waals surface area contributed by atoms with E-state index < -0.39 is 23.4 Å². The van der Waals surface area contributed by atoms with Crippen molar-refractivity contribution in [3.05, 3.63) is 23.3 Å². The van der Waals surface area contributed by atoms with Gasteiger partial charge in [0, 0.05) is 31.7 Å². The van der Waals surface area contributed by atoms with Crippen LogP contribution in [0.4, 0.5) is 19.0 Å². The largest absolute Gasteiger partial charge is 0.354 e. The summed E-state index contributed by atoms with van der Waals surface area (Å²) >= 11 is 0. The van der Waals surface area contributed by atoms with E-state index in [-0.39, 0.29) is 0 Å². The van der Waals surface area contributed by atoms with Gasteiger partial charge in [0.1, 0.15) is 5.82 Å². The monoisotopic (exact) mass is 285 g/mol. The van der Waals surface area contributed by atoms with Crippen molar-refractivity contribution in [2.24, 2.45) is 0 Å².